The maximum atomic E-state index is 12.9. The minimum Gasteiger partial charge on any atom is -0.598 e. The lowest BCUT2D eigenvalue weighted by Crippen LogP contribution is -2.41. The Morgan fingerprint density at radius 3 is 2.52 bits per heavy atom. The van der Waals surface area contributed by atoms with E-state index in [2.05, 4.69) is 16.9 Å². The first-order valence-electron chi connectivity index (χ1n) is 11.7. The molecule has 0 fully saturated rings. The molecule has 31 heavy (non-hydrogen) atoms. The Hall–Kier alpha value is -1.11. The van der Waals surface area contributed by atoms with Gasteiger partial charge in [0.05, 0.1) is 6.04 Å². The third kappa shape index (κ3) is 9.11. The molecule has 0 aliphatic heterocycles. The van der Waals surface area contributed by atoms with Crippen LogP contribution in [0.3, 0.4) is 0 Å². The van der Waals surface area contributed by atoms with Crippen LogP contribution in [0.15, 0.2) is 12.1 Å². The monoisotopic (exact) mass is 450 g/mol. The highest BCUT2D eigenvalue weighted by Crippen LogP contribution is 2.32. The standard InChI is InChI=1S/C25H42N2O3S/c1-18-12-15-20-21(26-18)11-9-8-10-19(14-17-23(28)30-24(2,3)4)13-16-22(20)27-31(29)25(5,6)7/h12,15,19,22,27H,8-11,13-14,16-17H2,1-7H3/t19?,22-,31?/m0/s1. The number of carbonyl (C=O) groups excluding carboxylic acids is 1. The van der Waals surface area contributed by atoms with Crippen molar-refractivity contribution in [3.05, 3.63) is 29.1 Å². The van der Waals surface area contributed by atoms with Gasteiger partial charge in [-0.2, -0.15) is 0 Å². The summed E-state index contributed by atoms with van der Waals surface area (Å²) in [7, 11) is 0. The summed E-state index contributed by atoms with van der Waals surface area (Å²) in [4.78, 5) is 17.0. The second-order valence-corrected chi connectivity index (χ2v) is 12.9. The molecular formula is C25H42N2O3S. The van der Waals surface area contributed by atoms with Gasteiger partial charge in [-0.25, -0.2) is 0 Å². The topological polar surface area (TPSA) is 74.3 Å². The quantitative estimate of drug-likeness (QED) is 0.458. The van der Waals surface area contributed by atoms with Gasteiger partial charge < -0.3 is 9.29 Å². The number of nitrogens with one attached hydrogen (secondary N) is 1. The minimum absolute atomic E-state index is 0.00489. The molecule has 0 spiro atoms. The van der Waals surface area contributed by atoms with E-state index in [0.29, 0.717) is 12.3 Å². The zero-order valence-corrected chi connectivity index (χ0v) is 21.4. The van der Waals surface area contributed by atoms with Crippen molar-refractivity contribution in [2.45, 2.75) is 116 Å². The predicted octanol–water partition coefficient (Wildman–Crippen LogP) is 5.73. The van der Waals surface area contributed by atoms with Gasteiger partial charge in [-0.15, -0.1) is 4.72 Å². The number of hydrogen-bond acceptors (Lipinski definition) is 5. The van der Waals surface area contributed by atoms with Crippen molar-refractivity contribution in [1.82, 2.24) is 9.71 Å². The van der Waals surface area contributed by atoms with Gasteiger partial charge in [0.2, 0.25) is 0 Å². The van der Waals surface area contributed by atoms with Crippen molar-refractivity contribution in [2.24, 2.45) is 5.92 Å². The molecule has 1 aliphatic carbocycles. The van der Waals surface area contributed by atoms with E-state index in [-0.39, 0.29) is 16.8 Å². The largest absolute Gasteiger partial charge is 0.598 e. The number of fused-ring (bicyclic) bond motifs is 1. The van der Waals surface area contributed by atoms with Crippen LogP contribution in [0.5, 0.6) is 0 Å². The van der Waals surface area contributed by atoms with E-state index in [9.17, 15) is 9.35 Å². The molecule has 6 heteroatoms. The van der Waals surface area contributed by atoms with Crippen molar-refractivity contribution >= 4 is 17.3 Å². The molecule has 0 radical (unpaired) electrons. The molecular weight excluding hydrogens is 408 g/mol. The number of aromatic nitrogens is 1. The molecule has 1 aromatic rings. The molecule has 1 aromatic heterocycles. The maximum Gasteiger partial charge on any atom is 0.306 e. The average Bonchev–Trinajstić information content (AvgIpc) is 2.63. The summed E-state index contributed by atoms with van der Waals surface area (Å²) >= 11 is -1.16. The van der Waals surface area contributed by atoms with Gasteiger partial charge >= 0.3 is 5.97 Å². The molecule has 1 heterocycles. The smallest absolute Gasteiger partial charge is 0.306 e. The Morgan fingerprint density at radius 1 is 1.16 bits per heavy atom. The number of carbonyl (C=O) groups is 1. The lowest BCUT2D eigenvalue weighted by molar-refractivity contribution is -0.155. The van der Waals surface area contributed by atoms with E-state index in [1.165, 1.54) is 5.56 Å². The van der Waals surface area contributed by atoms with E-state index in [1.807, 2.05) is 48.5 Å². The van der Waals surface area contributed by atoms with Gasteiger partial charge in [0.15, 0.2) is 0 Å². The van der Waals surface area contributed by atoms with Crippen LogP contribution in [0.4, 0.5) is 0 Å². The fourth-order valence-corrected chi connectivity index (χ4v) is 4.85. The fraction of sp³-hybridized carbons (Fsp3) is 0.760. The van der Waals surface area contributed by atoms with E-state index in [0.717, 1.165) is 56.3 Å². The van der Waals surface area contributed by atoms with Crippen LogP contribution in [0, 0.1) is 12.8 Å². The van der Waals surface area contributed by atoms with E-state index in [1.54, 1.807) is 0 Å². The van der Waals surface area contributed by atoms with Crippen LogP contribution in [-0.4, -0.2) is 25.9 Å². The molecule has 0 bridgehead atoms. The molecule has 2 rings (SSSR count). The zero-order chi connectivity index (χ0) is 23.2. The van der Waals surface area contributed by atoms with E-state index >= 15 is 0 Å². The number of nitrogens with zero attached hydrogens (tertiary/aromatic N) is 1. The molecule has 1 N–H and O–H groups in total. The first-order valence-corrected chi connectivity index (χ1v) is 12.9. The van der Waals surface area contributed by atoms with Crippen molar-refractivity contribution < 1.29 is 14.1 Å². The van der Waals surface area contributed by atoms with Gasteiger partial charge in [-0.05, 0) is 98.1 Å². The number of hydrogen-bond donors (Lipinski definition) is 1. The zero-order valence-electron chi connectivity index (χ0n) is 20.5. The average molecular weight is 451 g/mol. The second-order valence-electron chi connectivity index (χ2n) is 10.9. The van der Waals surface area contributed by atoms with Crippen LogP contribution in [0.25, 0.3) is 0 Å². The summed E-state index contributed by atoms with van der Waals surface area (Å²) in [6, 6.07) is 4.22. The molecule has 5 nitrogen and oxygen atoms in total. The number of rotatable bonds is 5. The summed E-state index contributed by atoms with van der Waals surface area (Å²) in [5.41, 5.74) is 2.90. The van der Waals surface area contributed by atoms with Crippen LogP contribution in [0.2, 0.25) is 0 Å². The lowest BCUT2D eigenvalue weighted by Gasteiger charge is -2.30. The van der Waals surface area contributed by atoms with E-state index < -0.39 is 17.0 Å². The van der Waals surface area contributed by atoms with Gasteiger partial charge in [-0.1, -0.05) is 18.9 Å². The molecule has 2 unspecified atom stereocenters. The van der Waals surface area contributed by atoms with Crippen LogP contribution >= 0.6 is 0 Å². The summed E-state index contributed by atoms with van der Waals surface area (Å²) in [5.74, 6) is 0.359. The number of ether oxygens (including phenoxy) is 1. The van der Waals surface area contributed by atoms with Crippen molar-refractivity contribution in [3.63, 3.8) is 0 Å². The highest BCUT2D eigenvalue weighted by Gasteiger charge is 2.31. The lowest BCUT2D eigenvalue weighted by atomic mass is 9.86. The normalized spacial score (nSPS) is 21.8. The fourth-order valence-electron chi connectivity index (χ4n) is 4.00. The molecule has 0 saturated heterocycles. The molecule has 176 valence electrons. The summed E-state index contributed by atoms with van der Waals surface area (Å²) in [5, 5.41) is 0. The summed E-state index contributed by atoms with van der Waals surface area (Å²) in [6.45, 7) is 13.7. The third-order valence-electron chi connectivity index (χ3n) is 5.65. The molecule has 0 amide bonds. The first-order chi connectivity index (χ1) is 14.3. The predicted molar refractivity (Wildman–Crippen MR) is 128 cm³/mol. The highest BCUT2D eigenvalue weighted by molar-refractivity contribution is 7.90. The molecule has 0 saturated carbocycles. The van der Waals surface area contributed by atoms with Gasteiger partial charge in [0.25, 0.3) is 0 Å². The Kier molecular flexibility index (Phi) is 9.41. The molecule has 1 aliphatic rings. The van der Waals surface area contributed by atoms with Crippen molar-refractivity contribution in [1.29, 1.82) is 0 Å². The number of aryl methyl sites for hydroxylation is 2. The van der Waals surface area contributed by atoms with Gasteiger partial charge in [0.1, 0.15) is 10.3 Å². The Morgan fingerprint density at radius 2 is 1.87 bits per heavy atom. The Bertz CT molecular complexity index is 724. The first kappa shape index (κ1) is 26.1. The van der Waals surface area contributed by atoms with Crippen LogP contribution in [0.1, 0.15) is 109 Å². The van der Waals surface area contributed by atoms with Gasteiger partial charge in [-0.3, -0.25) is 9.78 Å². The third-order valence-corrected chi connectivity index (χ3v) is 7.26. The maximum absolute atomic E-state index is 12.9. The highest BCUT2D eigenvalue weighted by atomic mass is 32.2. The van der Waals surface area contributed by atoms with Crippen molar-refractivity contribution in [2.75, 3.05) is 0 Å². The van der Waals surface area contributed by atoms with Crippen LogP contribution in [-0.2, 0) is 27.3 Å². The Labute approximate surface area is 192 Å². The van der Waals surface area contributed by atoms with Crippen molar-refractivity contribution in [3.8, 4) is 0 Å². The molecule has 0 aromatic carbocycles. The van der Waals surface area contributed by atoms with Gasteiger partial charge in [0, 0.05) is 29.2 Å². The van der Waals surface area contributed by atoms with Crippen LogP contribution < -0.4 is 4.72 Å². The second kappa shape index (κ2) is 11.2. The molecule has 3 atom stereocenters. The number of pyridine rings is 1. The summed E-state index contributed by atoms with van der Waals surface area (Å²) in [6.07, 6.45) is 7.47. The minimum atomic E-state index is -1.16. The SMILES string of the molecule is Cc1ccc2c(n1)CCCCC(CCC(=O)OC(C)(C)C)CC[C@@H]2N[S+]([O-])C(C)(C)C. The number of esters is 1. The summed E-state index contributed by atoms with van der Waals surface area (Å²) < 4.78 is 21.5. The Balaban J connectivity index is 2.14. The van der Waals surface area contributed by atoms with E-state index in [4.69, 9.17) is 9.72 Å².